The van der Waals surface area contributed by atoms with Crippen molar-refractivity contribution >= 4 is 23.2 Å². The number of aliphatic hydroxyl groups excluding tert-OH is 1. The monoisotopic (exact) mass is 268 g/mol. The van der Waals surface area contributed by atoms with Crippen molar-refractivity contribution in [1.29, 1.82) is 0 Å². The average molecular weight is 269 g/mol. The van der Waals surface area contributed by atoms with Crippen molar-refractivity contribution in [1.82, 2.24) is 5.32 Å². The van der Waals surface area contributed by atoms with Crippen LogP contribution < -0.4 is 10.6 Å². The zero-order valence-corrected chi connectivity index (χ0v) is 11.0. The Morgan fingerprint density at radius 2 is 2.28 bits per heavy atom. The highest BCUT2D eigenvalue weighted by molar-refractivity contribution is 6.25. The molecule has 0 fully saturated rings. The number of aliphatic hydroxyl groups is 1. The third-order valence-corrected chi connectivity index (χ3v) is 2.65. The number of benzene rings is 1. The number of amides is 1. The van der Waals surface area contributed by atoms with Crippen LogP contribution in [0.15, 0.2) is 29.8 Å². The van der Waals surface area contributed by atoms with E-state index in [9.17, 15) is 4.79 Å². The number of hydrogen-bond donors (Lipinski definition) is 3. The maximum atomic E-state index is 11.8. The number of carbonyl (C=O) groups excluding carboxylic acids is 1. The molecule has 0 heterocycles. The van der Waals surface area contributed by atoms with Crippen LogP contribution in [-0.4, -0.2) is 30.7 Å². The third kappa shape index (κ3) is 4.05. The van der Waals surface area contributed by atoms with E-state index < -0.39 is 0 Å². The van der Waals surface area contributed by atoms with Gasteiger partial charge in [-0.05, 0) is 24.6 Å². The fraction of sp³-hybridized carbons (Fsp3) is 0.308. The fourth-order valence-corrected chi connectivity index (χ4v) is 1.64. The molecule has 0 bridgehead atoms. The van der Waals surface area contributed by atoms with E-state index in [1.165, 1.54) is 5.54 Å². The average Bonchev–Trinajstić information content (AvgIpc) is 2.38. The number of rotatable bonds is 6. The Morgan fingerprint density at radius 1 is 1.50 bits per heavy atom. The summed E-state index contributed by atoms with van der Waals surface area (Å²) in [5.74, 6) is -0.182. The second-order valence-electron chi connectivity index (χ2n) is 3.70. The quantitative estimate of drug-likeness (QED) is 0.738. The first-order valence-corrected chi connectivity index (χ1v) is 6.12. The number of nitrogens with one attached hydrogen (secondary N) is 2. The summed E-state index contributed by atoms with van der Waals surface area (Å²) < 4.78 is 0. The van der Waals surface area contributed by atoms with Crippen molar-refractivity contribution in [3.8, 4) is 0 Å². The van der Waals surface area contributed by atoms with Gasteiger partial charge in [0.2, 0.25) is 0 Å². The Kier molecular flexibility index (Phi) is 6.25. The molecule has 3 N–H and O–H groups in total. The highest BCUT2D eigenvalue weighted by Crippen LogP contribution is 2.18. The van der Waals surface area contributed by atoms with Gasteiger partial charge in [0.05, 0.1) is 6.61 Å². The van der Waals surface area contributed by atoms with E-state index >= 15 is 0 Å². The molecule has 1 aromatic carbocycles. The molecule has 0 aliphatic heterocycles. The van der Waals surface area contributed by atoms with Crippen LogP contribution in [0.25, 0.3) is 0 Å². The molecule has 1 aromatic rings. The molecule has 0 unspecified atom stereocenters. The molecule has 1 rings (SSSR count). The number of halogens is 1. The molecule has 1 amide bonds. The maximum Gasteiger partial charge on any atom is 0.251 e. The Bertz CT molecular complexity index is 433. The number of hydrogen-bond acceptors (Lipinski definition) is 3. The molecule has 0 radical (unpaired) electrons. The highest BCUT2D eigenvalue weighted by atomic mass is 35.5. The zero-order chi connectivity index (χ0) is 13.4. The van der Waals surface area contributed by atoms with Crippen molar-refractivity contribution in [3.05, 3.63) is 40.9 Å². The fourth-order valence-electron chi connectivity index (χ4n) is 1.55. The summed E-state index contributed by atoms with van der Waals surface area (Å²) in [5, 5.41) is 14.5. The number of carbonyl (C=O) groups is 1. The second kappa shape index (κ2) is 7.74. The van der Waals surface area contributed by atoms with E-state index in [0.29, 0.717) is 12.1 Å². The third-order valence-electron chi connectivity index (χ3n) is 2.48. The van der Waals surface area contributed by atoms with Crippen LogP contribution in [-0.2, 0) is 0 Å². The largest absolute Gasteiger partial charge is 0.395 e. The molecule has 0 aromatic heterocycles. The summed E-state index contributed by atoms with van der Waals surface area (Å²) in [6.07, 6.45) is 1.78. The van der Waals surface area contributed by atoms with Gasteiger partial charge in [-0.1, -0.05) is 23.7 Å². The smallest absolute Gasteiger partial charge is 0.251 e. The molecule has 98 valence electrons. The second-order valence-corrected chi connectivity index (χ2v) is 3.95. The van der Waals surface area contributed by atoms with Crippen molar-refractivity contribution < 1.29 is 9.90 Å². The van der Waals surface area contributed by atoms with Crippen molar-refractivity contribution in [2.24, 2.45) is 0 Å². The summed E-state index contributed by atoms with van der Waals surface area (Å²) in [5.41, 5.74) is 3.81. The van der Waals surface area contributed by atoms with Gasteiger partial charge < -0.3 is 15.7 Å². The SMILES string of the molecule is Cc1c(NC/C=C/Cl)cccc1C(=O)NCCO. The van der Waals surface area contributed by atoms with Crippen molar-refractivity contribution in [2.75, 3.05) is 25.0 Å². The summed E-state index contributed by atoms with van der Waals surface area (Å²) in [6.45, 7) is 2.67. The Labute approximate surface area is 112 Å². The molecule has 0 aliphatic carbocycles. The topological polar surface area (TPSA) is 61.4 Å². The van der Waals surface area contributed by atoms with Gasteiger partial charge in [0, 0.05) is 29.9 Å². The first kappa shape index (κ1) is 14.5. The lowest BCUT2D eigenvalue weighted by molar-refractivity contribution is 0.0944. The van der Waals surface area contributed by atoms with Crippen molar-refractivity contribution in [2.45, 2.75) is 6.92 Å². The Balaban J connectivity index is 2.80. The first-order chi connectivity index (χ1) is 8.70. The lowest BCUT2D eigenvalue weighted by atomic mass is 10.1. The van der Waals surface area contributed by atoms with Crippen LogP contribution in [0, 0.1) is 6.92 Å². The number of anilines is 1. The predicted octanol–water partition coefficient (Wildman–Crippen LogP) is 1.88. The molecule has 5 heteroatoms. The Hall–Kier alpha value is -1.52. The van der Waals surface area contributed by atoms with Crippen LogP contribution in [0.4, 0.5) is 5.69 Å². The summed E-state index contributed by atoms with van der Waals surface area (Å²) >= 11 is 5.44. The van der Waals surface area contributed by atoms with Crippen LogP contribution in [0.5, 0.6) is 0 Å². The lowest BCUT2D eigenvalue weighted by Crippen LogP contribution is -2.27. The van der Waals surface area contributed by atoms with Crippen molar-refractivity contribution in [3.63, 3.8) is 0 Å². The molecule has 0 atom stereocenters. The van der Waals surface area contributed by atoms with E-state index in [1.54, 1.807) is 12.1 Å². The van der Waals surface area contributed by atoms with E-state index in [0.717, 1.165) is 11.3 Å². The Morgan fingerprint density at radius 3 is 2.94 bits per heavy atom. The standard InChI is InChI=1S/C13H17ClN2O2/c1-10-11(13(18)16-8-9-17)4-2-5-12(10)15-7-3-6-14/h2-6,15,17H,7-9H2,1H3,(H,16,18)/b6-3+. The van der Waals surface area contributed by atoms with Crippen LogP contribution in [0.3, 0.4) is 0 Å². The molecular weight excluding hydrogens is 252 g/mol. The van der Waals surface area contributed by atoms with Gasteiger partial charge in [-0.3, -0.25) is 4.79 Å². The normalized spacial score (nSPS) is 10.6. The van der Waals surface area contributed by atoms with Gasteiger partial charge in [0.15, 0.2) is 0 Å². The minimum Gasteiger partial charge on any atom is -0.395 e. The van der Waals surface area contributed by atoms with E-state index in [1.807, 2.05) is 19.1 Å². The van der Waals surface area contributed by atoms with Crippen LogP contribution in [0.2, 0.25) is 0 Å². The highest BCUT2D eigenvalue weighted by Gasteiger charge is 2.10. The minimum absolute atomic E-state index is 0.0662. The zero-order valence-electron chi connectivity index (χ0n) is 10.2. The maximum absolute atomic E-state index is 11.8. The van der Waals surface area contributed by atoms with Gasteiger partial charge >= 0.3 is 0 Å². The molecular formula is C13H17ClN2O2. The summed E-state index contributed by atoms with van der Waals surface area (Å²) in [6, 6.07) is 5.47. The molecule has 0 saturated heterocycles. The van der Waals surface area contributed by atoms with Gasteiger partial charge in [0.25, 0.3) is 5.91 Å². The van der Waals surface area contributed by atoms with E-state index in [-0.39, 0.29) is 19.1 Å². The summed E-state index contributed by atoms with van der Waals surface area (Å²) in [4.78, 5) is 11.8. The molecule has 18 heavy (non-hydrogen) atoms. The predicted molar refractivity (Wildman–Crippen MR) is 74.1 cm³/mol. The van der Waals surface area contributed by atoms with Gasteiger partial charge in [-0.2, -0.15) is 0 Å². The van der Waals surface area contributed by atoms with Gasteiger partial charge in [-0.25, -0.2) is 0 Å². The van der Waals surface area contributed by atoms with E-state index in [2.05, 4.69) is 10.6 Å². The van der Waals surface area contributed by atoms with Crippen LogP contribution >= 0.6 is 11.6 Å². The van der Waals surface area contributed by atoms with Gasteiger partial charge in [0.1, 0.15) is 0 Å². The first-order valence-electron chi connectivity index (χ1n) is 5.68. The lowest BCUT2D eigenvalue weighted by Gasteiger charge is -2.12. The molecule has 0 saturated carbocycles. The molecule has 0 aliphatic rings. The summed E-state index contributed by atoms with van der Waals surface area (Å²) in [7, 11) is 0. The molecule has 0 spiro atoms. The van der Waals surface area contributed by atoms with Crippen LogP contribution in [0.1, 0.15) is 15.9 Å². The van der Waals surface area contributed by atoms with Gasteiger partial charge in [-0.15, -0.1) is 0 Å². The van der Waals surface area contributed by atoms with E-state index in [4.69, 9.17) is 16.7 Å². The minimum atomic E-state index is -0.182. The molecule has 4 nitrogen and oxygen atoms in total.